The molecule has 0 aromatic heterocycles. The number of hydrogen-bond acceptors (Lipinski definition) is 3. The smallest absolute Gasteiger partial charge is 0.423 e. The van der Waals surface area contributed by atoms with Crippen LogP contribution in [-0.2, 0) is 11.3 Å². The minimum absolute atomic E-state index is 0.401. The third kappa shape index (κ3) is 1.000. The van der Waals surface area contributed by atoms with Crippen LogP contribution in [0.5, 0.6) is 0 Å². The van der Waals surface area contributed by atoms with Crippen LogP contribution in [0.4, 0.5) is 5.69 Å². The molecular weight excluding hydrogens is 176 g/mol. The van der Waals surface area contributed by atoms with Crippen LogP contribution in [0.2, 0.25) is 5.02 Å². The molecule has 62 valence electrons. The Kier molecular flexibility index (Phi) is 1.75. The van der Waals surface area contributed by atoms with Crippen LogP contribution in [-0.4, -0.2) is 12.1 Å². The van der Waals surface area contributed by atoms with E-state index in [9.17, 15) is 5.02 Å². The molecule has 1 aromatic carbocycles. The zero-order valence-electron chi connectivity index (χ0n) is 6.25. The molecule has 5 heteroatoms. The molecule has 0 saturated heterocycles. The summed E-state index contributed by atoms with van der Waals surface area (Å²) in [6.45, 7) is 0.401. The molecule has 0 radical (unpaired) electrons. The minimum Gasteiger partial charge on any atom is -0.423 e. The molecule has 12 heavy (non-hydrogen) atoms. The number of anilines is 1. The van der Waals surface area contributed by atoms with E-state index < -0.39 is 7.12 Å². The van der Waals surface area contributed by atoms with E-state index in [1.165, 1.54) is 0 Å². The van der Waals surface area contributed by atoms with Gasteiger partial charge in [0.15, 0.2) is 0 Å². The first-order chi connectivity index (χ1) is 5.70. The van der Waals surface area contributed by atoms with Crippen LogP contribution in [0.1, 0.15) is 5.56 Å². The predicted octanol–water partition coefficient (Wildman–Crippen LogP) is 0.140. The van der Waals surface area contributed by atoms with Gasteiger partial charge in [0.2, 0.25) is 0 Å². The van der Waals surface area contributed by atoms with Crippen molar-refractivity contribution in [3.05, 3.63) is 22.7 Å². The highest BCUT2D eigenvalue weighted by Crippen LogP contribution is 2.21. The van der Waals surface area contributed by atoms with Crippen molar-refractivity contribution in [2.45, 2.75) is 6.61 Å². The van der Waals surface area contributed by atoms with Gasteiger partial charge in [-0.3, -0.25) is 0 Å². The van der Waals surface area contributed by atoms with Crippen LogP contribution in [0.25, 0.3) is 0 Å². The summed E-state index contributed by atoms with van der Waals surface area (Å²) in [6, 6.07) is 3.52. The lowest BCUT2D eigenvalue weighted by Crippen LogP contribution is -2.30. The summed E-state index contributed by atoms with van der Waals surface area (Å²) in [4.78, 5) is 0. The highest BCUT2D eigenvalue weighted by molar-refractivity contribution is 6.64. The van der Waals surface area contributed by atoms with Crippen LogP contribution >= 0.6 is 11.6 Å². The zero-order valence-corrected chi connectivity index (χ0v) is 7.01. The van der Waals surface area contributed by atoms with E-state index in [1.807, 2.05) is 6.07 Å². The van der Waals surface area contributed by atoms with E-state index in [1.54, 1.807) is 6.07 Å². The van der Waals surface area contributed by atoms with Gasteiger partial charge < -0.3 is 15.4 Å². The van der Waals surface area contributed by atoms with E-state index in [0.29, 0.717) is 22.8 Å². The molecule has 2 rings (SSSR count). The number of hydrogen-bond donors (Lipinski definition) is 2. The third-order valence-electron chi connectivity index (χ3n) is 1.97. The lowest BCUT2D eigenvalue weighted by atomic mass is 9.78. The standard InChI is InChI=1S/C7H7BClNO2/c9-5-2-1-4-3-12-8(11)6(4)7(5)10/h1-2,11H,3,10H2. The average molecular weight is 183 g/mol. The molecule has 0 bridgehead atoms. The van der Waals surface area contributed by atoms with Gasteiger partial charge in [-0.2, -0.15) is 0 Å². The van der Waals surface area contributed by atoms with Crippen molar-refractivity contribution in [3.63, 3.8) is 0 Å². The van der Waals surface area contributed by atoms with Crippen molar-refractivity contribution >= 4 is 29.9 Å². The Morgan fingerprint density at radius 1 is 1.58 bits per heavy atom. The van der Waals surface area contributed by atoms with Crippen LogP contribution < -0.4 is 11.2 Å². The Balaban J connectivity index is 2.63. The Morgan fingerprint density at radius 2 is 2.33 bits per heavy atom. The van der Waals surface area contributed by atoms with Crippen molar-refractivity contribution < 1.29 is 9.68 Å². The largest absolute Gasteiger partial charge is 0.493 e. The van der Waals surface area contributed by atoms with E-state index in [4.69, 9.17) is 22.0 Å². The molecular formula is C7H7BClNO2. The summed E-state index contributed by atoms with van der Waals surface area (Å²) in [5, 5.41) is 9.78. The molecule has 0 atom stereocenters. The van der Waals surface area contributed by atoms with Gasteiger partial charge in [-0.25, -0.2) is 0 Å². The molecule has 1 heterocycles. The van der Waals surface area contributed by atoms with Crippen molar-refractivity contribution in [3.8, 4) is 0 Å². The fourth-order valence-electron chi connectivity index (χ4n) is 1.32. The van der Waals surface area contributed by atoms with E-state index in [0.717, 1.165) is 5.56 Å². The Bertz CT molecular complexity index is 331. The first-order valence-electron chi connectivity index (χ1n) is 3.56. The summed E-state index contributed by atoms with van der Waals surface area (Å²) in [6.07, 6.45) is 0. The van der Waals surface area contributed by atoms with Crippen molar-refractivity contribution in [1.82, 2.24) is 0 Å². The topological polar surface area (TPSA) is 55.5 Å². The molecule has 1 aliphatic heterocycles. The summed E-state index contributed by atoms with van der Waals surface area (Å²) in [5.41, 5.74) is 7.59. The maximum atomic E-state index is 9.33. The Morgan fingerprint density at radius 3 is 3.08 bits per heavy atom. The van der Waals surface area contributed by atoms with Crippen molar-refractivity contribution in [1.29, 1.82) is 0 Å². The van der Waals surface area contributed by atoms with E-state index >= 15 is 0 Å². The van der Waals surface area contributed by atoms with Gasteiger partial charge in [0.1, 0.15) is 0 Å². The second kappa shape index (κ2) is 2.66. The number of halogens is 1. The third-order valence-corrected chi connectivity index (χ3v) is 2.30. The predicted molar refractivity (Wildman–Crippen MR) is 48.3 cm³/mol. The maximum absolute atomic E-state index is 9.33. The van der Waals surface area contributed by atoms with Gasteiger partial charge in [-0.15, -0.1) is 0 Å². The number of nitrogens with two attached hydrogens (primary N) is 1. The van der Waals surface area contributed by atoms with Gasteiger partial charge in [-0.1, -0.05) is 17.7 Å². The van der Waals surface area contributed by atoms with Gasteiger partial charge in [-0.05, 0) is 11.6 Å². The summed E-state index contributed by atoms with van der Waals surface area (Å²) in [5.74, 6) is 0. The molecule has 3 nitrogen and oxygen atoms in total. The minimum atomic E-state index is -0.918. The van der Waals surface area contributed by atoms with E-state index in [-0.39, 0.29) is 0 Å². The highest BCUT2D eigenvalue weighted by Gasteiger charge is 2.30. The number of nitrogen functional groups attached to an aromatic ring is 1. The van der Waals surface area contributed by atoms with Crippen LogP contribution in [0.3, 0.4) is 0 Å². The molecule has 0 fully saturated rings. The molecule has 0 spiro atoms. The first-order valence-corrected chi connectivity index (χ1v) is 3.94. The Labute approximate surface area is 75.2 Å². The van der Waals surface area contributed by atoms with Gasteiger partial charge in [0.05, 0.1) is 17.3 Å². The summed E-state index contributed by atoms with van der Waals surface area (Å²) < 4.78 is 4.98. The van der Waals surface area contributed by atoms with Gasteiger partial charge in [0.25, 0.3) is 0 Å². The number of rotatable bonds is 0. The summed E-state index contributed by atoms with van der Waals surface area (Å²) >= 11 is 5.77. The van der Waals surface area contributed by atoms with Gasteiger partial charge in [0, 0.05) is 5.46 Å². The fraction of sp³-hybridized carbons (Fsp3) is 0.143. The second-order valence-corrected chi connectivity index (χ2v) is 3.10. The monoisotopic (exact) mass is 183 g/mol. The normalized spacial score (nSPS) is 15.0. The zero-order chi connectivity index (χ0) is 8.72. The molecule has 0 unspecified atom stereocenters. The molecule has 1 aliphatic rings. The lowest BCUT2D eigenvalue weighted by molar-refractivity contribution is 0.275. The quantitative estimate of drug-likeness (QED) is 0.444. The van der Waals surface area contributed by atoms with E-state index in [2.05, 4.69) is 0 Å². The molecule has 1 aromatic rings. The molecule has 0 amide bonds. The van der Waals surface area contributed by atoms with Gasteiger partial charge >= 0.3 is 7.12 Å². The lowest BCUT2D eigenvalue weighted by Gasteiger charge is -2.04. The van der Waals surface area contributed by atoms with Crippen LogP contribution in [0.15, 0.2) is 12.1 Å². The fourth-order valence-corrected chi connectivity index (χ4v) is 1.49. The Hall–Kier alpha value is -0.705. The first kappa shape index (κ1) is 7.92. The molecule has 3 N–H and O–H groups in total. The molecule has 0 aliphatic carbocycles. The van der Waals surface area contributed by atoms with Crippen LogP contribution in [0, 0.1) is 0 Å². The highest BCUT2D eigenvalue weighted by atomic mass is 35.5. The summed E-state index contributed by atoms with van der Waals surface area (Å²) in [7, 11) is -0.918. The number of fused-ring (bicyclic) bond motifs is 1. The molecule has 0 saturated carbocycles. The SMILES string of the molecule is Nc1c(Cl)ccc2c1B(O)OC2. The average Bonchev–Trinajstić information content (AvgIpc) is 2.41. The van der Waals surface area contributed by atoms with Crippen molar-refractivity contribution in [2.24, 2.45) is 0 Å². The second-order valence-electron chi connectivity index (χ2n) is 2.70. The maximum Gasteiger partial charge on any atom is 0.493 e. The van der Waals surface area contributed by atoms with Crippen molar-refractivity contribution in [2.75, 3.05) is 5.73 Å². The number of benzene rings is 1.